The Balaban J connectivity index is 1.71. The zero-order valence-electron chi connectivity index (χ0n) is 14.4. The molecule has 0 aromatic heterocycles. The Bertz CT molecular complexity index is 747. The Labute approximate surface area is 145 Å². The molecule has 4 rings (SSSR count). The quantitative estimate of drug-likeness (QED) is 0.824. The standard InChI is InChI=1S/C19H22F2N2O2/c1-12-4-7-14(20)15(16(12)21)17(24)23-11-3-9-19(23)8-2-10-22(18(19)25)13-5-6-13/h4,7,13H,2-3,5-6,8-11H2,1H3. The van der Waals surface area contributed by atoms with Crippen LogP contribution in [0, 0.1) is 18.6 Å². The molecule has 0 radical (unpaired) electrons. The van der Waals surface area contributed by atoms with Crippen molar-refractivity contribution in [3.63, 3.8) is 0 Å². The van der Waals surface area contributed by atoms with Crippen molar-refractivity contribution in [1.29, 1.82) is 0 Å². The van der Waals surface area contributed by atoms with Gasteiger partial charge in [0.2, 0.25) is 5.91 Å². The molecule has 2 heterocycles. The highest BCUT2D eigenvalue weighted by atomic mass is 19.1. The summed E-state index contributed by atoms with van der Waals surface area (Å²) in [4.78, 5) is 29.5. The van der Waals surface area contributed by atoms with E-state index in [1.807, 2.05) is 4.90 Å². The van der Waals surface area contributed by atoms with Crippen molar-refractivity contribution in [2.45, 2.75) is 57.0 Å². The number of hydrogen-bond acceptors (Lipinski definition) is 2. The Morgan fingerprint density at radius 2 is 1.84 bits per heavy atom. The van der Waals surface area contributed by atoms with Crippen molar-refractivity contribution >= 4 is 11.8 Å². The van der Waals surface area contributed by atoms with Crippen molar-refractivity contribution < 1.29 is 18.4 Å². The van der Waals surface area contributed by atoms with E-state index in [-0.39, 0.29) is 17.5 Å². The lowest BCUT2D eigenvalue weighted by Gasteiger charge is -2.44. The fourth-order valence-electron chi connectivity index (χ4n) is 4.40. The maximum atomic E-state index is 14.5. The second kappa shape index (κ2) is 5.78. The van der Waals surface area contributed by atoms with Crippen LogP contribution >= 0.6 is 0 Å². The minimum atomic E-state index is -0.916. The van der Waals surface area contributed by atoms with Gasteiger partial charge in [0.15, 0.2) is 0 Å². The average Bonchev–Trinajstić information content (AvgIpc) is 3.34. The molecule has 0 bridgehead atoms. The molecule has 0 N–H and O–H groups in total. The van der Waals surface area contributed by atoms with Gasteiger partial charge in [-0.1, -0.05) is 6.07 Å². The van der Waals surface area contributed by atoms with Gasteiger partial charge in [0.1, 0.15) is 22.7 Å². The lowest BCUT2D eigenvalue weighted by Crippen LogP contribution is -2.61. The van der Waals surface area contributed by atoms with E-state index in [0.717, 1.165) is 31.9 Å². The zero-order valence-corrected chi connectivity index (χ0v) is 14.4. The van der Waals surface area contributed by atoms with Crippen molar-refractivity contribution in [2.75, 3.05) is 13.1 Å². The minimum absolute atomic E-state index is 0.0273. The molecule has 1 aliphatic carbocycles. The summed E-state index contributed by atoms with van der Waals surface area (Å²) < 4.78 is 28.7. The number of nitrogens with zero attached hydrogens (tertiary/aromatic N) is 2. The lowest BCUT2D eigenvalue weighted by atomic mass is 9.84. The highest BCUT2D eigenvalue weighted by molar-refractivity contribution is 6.00. The van der Waals surface area contributed by atoms with Crippen LogP contribution in [0.25, 0.3) is 0 Å². The highest BCUT2D eigenvalue weighted by Gasteiger charge is 2.55. The van der Waals surface area contributed by atoms with Gasteiger partial charge < -0.3 is 9.80 Å². The zero-order chi connectivity index (χ0) is 17.8. The number of amides is 2. The van der Waals surface area contributed by atoms with Gasteiger partial charge in [0.25, 0.3) is 5.91 Å². The summed E-state index contributed by atoms with van der Waals surface area (Å²) in [5.74, 6) is -2.41. The van der Waals surface area contributed by atoms with Crippen molar-refractivity contribution in [3.05, 3.63) is 34.9 Å². The first-order chi connectivity index (χ1) is 12.0. The first-order valence-corrected chi connectivity index (χ1v) is 9.03. The van der Waals surface area contributed by atoms with Gasteiger partial charge >= 0.3 is 0 Å². The number of likely N-dealkylation sites (tertiary alicyclic amines) is 2. The smallest absolute Gasteiger partial charge is 0.260 e. The van der Waals surface area contributed by atoms with Gasteiger partial charge in [0, 0.05) is 19.1 Å². The molecule has 2 amide bonds. The van der Waals surface area contributed by atoms with Crippen LogP contribution in [0.1, 0.15) is 54.4 Å². The summed E-state index contributed by atoms with van der Waals surface area (Å²) in [5.41, 5.74) is -1.22. The molecular weight excluding hydrogens is 326 g/mol. The normalized spacial score (nSPS) is 26.6. The van der Waals surface area contributed by atoms with Crippen LogP contribution < -0.4 is 0 Å². The summed E-state index contributed by atoms with van der Waals surface area (Å²) in [5, 5.41) is 0. The summed E-state index contributed by atoms with van der Waals surface area (Å²) >= 11 is 0. The van der Waals surface area contributed by atoms with Crippen LogP contribution in [0.2, 0.25) is 0 Å². The largest absolute Gasteiger partial charge is 0.338 e. The maximum absolute atomic E-state index is 14.5. The van der Waals surface area contributed by atoms with E-state index in [1.165, 1.54) is 17.9 Å². The number of aryl methyl sites for hydroxylation is 1. The number of rotatable bonds is 2. The third-order valence-electron chi connectivity index (χ3n) is 5.87. The fourth-order valence-corrected chi connectivity index (χ4v) is 4.40. The molecule has 1 saturated carbocycles. The molecule has 6 heteroatoms. The van der Waals surface area contributed by atoms with Crippen LogP contribution in [0.5, 0.6) is 0 Å². The summed E-state index contributed by atoms with van der Waals surface area (Å²) in [6.45, 7) is 2.60. The number of piperidine rings is 1. The van der Waals surface area contributed by atoms with Gasteiger partial charge in [0.05, 0.1) is 0 Å². The Morgan fingerprint density at radius 3 is 2.52 bits per heavy atom. The summed E-state index contributed by atoms with van der Waals surface area (Å²) in [6.07, 6.45) is 4.69. The summed E-state index contributed by atoms with van der Waals surface area (Å²) in [6, 6.07) is 2.73. The third kappa shape index (κ3) is 2.45. The van der Waals surface area contributed by atoms with Crippen LogP contribution in [-0.2, 0) is 4.79 Å². The molecule has 25 heavy (non-hydrogen) atoms. The van der Waals surface area contributed by atoms with Gasteiger partial charge in [-0.25, -0.2) is 8.78 Å². The van der Waals surface area contributed by atoms with E-state index in [4.69, 9.17) is 0 Å². The van der Waals surface area contributed by atoms with Crippen LogP contribution in [0.4, 0.5) is 8.78 Å². The predicted octanol–water partition coefficient (Wildman–Crippen LogP) is 3.03. The topological polar surface area (TPSA) is 40.6 Å². The van der Waals surface area contributed by atoms with Gasteiger partial charge in [-0.15, -0.1) is 0 Å². The minimum Gasteiger partial charge on any atom is -0.338 e. The van der Waals surface area contributed by atoms with E-state index in [2.05, 4.69) is 0 Å². The second-order valence-electron chi connectivity index (χ2n) is 7.48. The average molecular weight is 348 g/mol. The molecule has 1 aromatic carbocycles. The SMILES string of the molecule is Cc1ccc(F)c(C(=O)N2CCCC23CCCN(C2CC2)C3=O)c1F. The van der Waals surface area contributed by atoms with Gasteiger partial charge in [-0.3, -0.25) is 9.59 Å². The third-order valence-corrected chi connectivity index (χ3v) is 5.87. The molecule has 1 unspecified atom stereocenters. The molecule has 3 fully saturated rings. The first-order valence-electron chi connectivity index (χ1n) is 9.03. The highest BCUT2D eigenvalue weighted by Crippen LogP contribution is 2.42. The molecule has 1 spiro atoms. The Hall–Kier alpha value is -1.98. The molecule has 1 aromatic rings. The van der Waals surface area contributed by atoms with Gasteiger partial charge in [-0.2, -0.15) is 0 Å². The Kier molecular flexibility index (Phi) is 3.81. The molecule has 1 atom stereocenters. The van der Waals surface area contributed by atoms with Crippen LogP contribution in [-0.4, -0.2) is 46.3 Å². The first kappa shape index (κ1) is 16.5. The number of hydrogen-bond donors (Lipinski definition) is 0. The van der Waals surface area contributed by atoms with Gasteiger partial charge in [-0.05, 0) is 57.1 Å². The van der Waals surface area contributed by atoms with E-state index in [1.54, 1.807) is 0 Å². The van der Waals surface area contributed by atoms with Crippen molar-refractivity contribution in [1.82, 2.24) is 9.80 Å². The fraction of sp³-hybridized carbons (Fsp3) is 0.579. The Morgan fingerprint density at radius 1 is 1.16 bits per heavy atom. The molecular formula is C19H22F2N2O2. The molecule has 3 aliphatic rings. The summed E-state index contributed by atoms with van der Waals surface area (Å²) in [7, 11) is 0. The van der Waals surface area contributed by atoms with Crippen LogP contribution in [0.15, 0.2) is 12.1 Å². The molecule has 2 aliphatic heterocycles. The van der Waals surface area contributed by atoms with E-state index < -0.39 is 28.6 Å². The van der Waals surface area contributed by atoms with E-state index in [9.17, 15) is 18.4 Å². The van der Waals surface area contributed by atoms with Crippen molar-refractivity contribution in [2.24, 2.45) is 0 Å². The maximum Gasteiger partial charge on any atom is 0.260 e. The van der Waals surface area contributed by atoms with Crippen molar-refractivity contribution in [3.8, 4) is 0 Å². The molecule has 4 nitrogen and oxygen atoms in total. The van der Waals surface area contributed by atoms with Crippen LogP contribution in [0.3, 0.4) is 0 Å². The van der Waals surface area contributed by atoms with E-state index in [0.29, 0.717) is 25.8 Å². The monoisotopic (exact) mass is 348 g/mol. The van der Waals surface area contributed by atoms with E-state index >= 15 is 0 Å². The predicted molar refractivity (Wildman–Crippen MR) is 88.1 cm³/mol. The second-order valence-corrected chi connectivity index (χ2v) is 7.48. The molecule has 134 valence electrons. The number of halogens is 2. The number of carbonyl (C=O) groups excluding carboxylic acids is 2. The number of carbonyl (C=O) groups is 2. The lowest BCUT2D eigenvalue weighted by molar-refractivity contribution is -0.146. The molecule has 2 saturated heterocycles. The number of benzene rings is 1.